The van der Waals surface area contributed by atoms with Crippen molar-refractivity contribution in [3.8, 4) is 0 Å². The molecule has 1 aromatic carbocycles. The predicted molar refractivity (Wildman–Crippen MR) is 65.6 cm³/mol. The molecule has 4 heteroatoms. The van der Waals surface area contributed by atoms with Gasteiger partial charge in [-0.1, -0.05) is 11.6 Å². The number of piperidine rings is 1. The lowest BCUT2D eigenvalue weighted by atomic mass is 9.97. The minimum atomic E-state index is -0.196. The first-order valence-electron chi connectivity index (χ1n) is 5.46. The topological polar surface area (TPSA) is 46.3 Å². The number of amides is 1. The van der Waals surface area contributed by atoms with Crippen LogP contribution >= 0.6 is 11.6 Å². The Hall–Kier alpha value is -1.22. The van der Waals surface area contributed by atoms with Gasteiger partial charge in [0.2, 0.25) is 5.91 Å². The van der Waals surface area contributed by atoms with Crippen molar-refractivity contribution in [2.75, 3.05) is 18.0 Å². The van der Waals surface area contributed by atoms with Crippen molar-refractivity contribution in [3.05, 3.63) is 29.3 Å². The predicted octanol–water partition coefficient (Wildman–Crippen LogP) is 2.04. The van der Waals surface area contributed by atoms with Gasteiger partial charge in [-0.2, -0.15) is 0 Å². The van der Waals surface area contributed by atoms with E-state index in [1.54, 1.807) is 0 Å². The second-order valence-corrected chi connectivity index (χ2v) is 4.60. The third kappa shape index (κ3) is 2.47. The number of rotatable bonds is 2. The Labute approximate surface area is 100 Å². The lowest BCUT2D eigenvalue weighted by Crippen LogP contribution is -2.41. The van der Waals surface area contributed by atoms with Crippen molar-refractivity contribution in [1.82, 2.24) is 0 Å². The van der Waals surface area contributed by atoms with Crippen LogP contribution in [0.3, 0.4) is 0 Å². The second kappa shape index (κ2) is 4.74. The lowest BCUT2D eigenvalue weighted by Gasteiger charge is -2.33. The largest absolute Gasteiger partial charge is 0.371 e. The maximum Gasteiger partial charge on any atom is 0.222 e. The third-order valence-electron chi connectivity index (χ3n) is 3.02. The Morgan fingerprint density at radius 1 is 1.38 bits per heavy atom. The highest BCUT2D eigenvalue weighted by Gasteiger charge is 2.23. The van der Waals surface area contributed by atoms with Crippen molar-refractivity contribution in [3.63, 3.8) is 0 Å². The van der Waals surface area contributed by atoms with Gasteiger partial charge in [0.05, 0.1) is 5.92 Å². The average Bonchev–Trinajstić information content (AvgIpc) is 2.30. The maximum atomic E-state index is 11.2. The molecule has 0 saturated carbocycles. The number of carbonyl (C=O) groups excluding carboxylic acids is 1. The number of nitrogens with zero attached hydrogens (tertiary/aromatic N) is 1. The molecule has 1 fully saturated rings. The molecule has 86 valence electrons. The lowest BCUT2D eigenvalue weighted by molar-refractivity contribution is -0.122. The first kappa shape index (κ1) is 11.3. The van der Waals surface area contributed by atoms with Gasteiger partial charge in [0.15, 0.2) is 0 Å². The molecular formula is C12H15ClN2O. The highest BCUT2D eigenvalue weighted by atomic mass is 35.5. The molecule has 1 amide bonds. The quantitative estimate of drug-likeness (QED) is 0.857. The zero-order valence-electron chi connectivity index (χ0n) is 9.03. The average molecular weight is 239 g/mol. The fourth-order valence-corrected chi connectivity index (χ4v) is 2.22. The molecule has 0 spiro atoms. The molecule has 2 N–H and O–H groups in total. The monoisotopic (exact) mass is 238 g/mol. The zero-order valence-corrected chi connectivity index (χ0v) is 9.78. The number of nitrogens with two attached hydrogens (primary N) is 1. The summed E-state index contributed by atoms with van der Waals surface area (Å²) in [5.41, 5.74) is 6.45. The van der Waals surface area contributed by atoms with Crippen molar-refractivity contribution in [1.29, 1.82) is 0 Å². The standard InChI is InChI=1S/C12H15ClN2O/c13-10-3-5-11(6-4-10)15-7-1-2-9(8-15)12(14)16/h3-6,9H,1-2,7-8H2,(H2,14,16). The van der Waals surface area contributed by atoms with Crippen LogP contribution in [-0.2, 0) is 4.79 Å². The van der Waals surface area contributed by atoms with Gasteiger partial charge < -0.3 is 10.6 Å². The molecule has 2 rings (SSSR count). The Balaban J connectivity index is 2.09. The Bertz CT molecular complexity index is 377. The number of carbonyl (C=O) groups is 1. The van der Waals surface area contributed by atoms with Crippen LogP contribution in [0, 0.1) is 5.92 Å². The molecule has 3 nitrogen and oxygen atoms in total. The molecule has 0 aromatic heterocycles. The molecule has 1 aromatic rings. The maximum absolute atomic E-state index is 11.2. The summed E-state index contributed by atoms with van der Waals surface area (Å²) < 4.78 is 0. The van der Waals surface area contributed by atoms with Crippen molar-refractivity contribution >= 4 is 23.2 Å². The first-order valence-corrected chi connectivity index (χ1v) is 5.84. The van der Waals surface area contributed by atoms with E-state index >= 15 is 0 Å². The fraction of sp³-hybridized carbons (Fsp3) is 0.417. The summed E-state index contributed by atoms with van der Waals surface area (Å²) in [6.07, 6.45) is 1.91. The van der Waals surface area contributed by atoms with Crippen LogP contribution < -0.4 is 10.6 Å². The van der Waals surface area contributed by atoms with Gasteiger partial charge in [-0.3, -0.25) is 4.79 Å². The summed E-state index contributed by atoms with van der Waals surface area (Å²) >= 11 is 5.84. The van der Waals surface area contributed by atoms with Crippen LogP contribution in [0.5, 0.6) is 0 Å². The van der Waals surface area contributed by atoms with E-state index in [0.717, 1.165) is 36.6 Å². The van der Waals surface area contributed by atoms with Crippen molar-refractivity contribution in [2.45, 2.75) is 12.8 Å². The molecule has 0 radical (unpaired) electrons. The van der Waals surface area contributed by atoms with E-state index in [-0.39, 0.29) is 11.8 Å². The van der Waals surface area contributed by atoms with Gasteiger partial charge >= 0.3 is 0 Å². The number of benzene rings is 1. The number of primary amides is 1. The molecule has 16 heavy (non-hydrogen) atoms. The highest BCUT2D eigenvalue weighted by molar-refractivity contribution is 6.30. The summed E-state index contributed by atoms with van der Waals surface area (Å²) in [5, 5.41) is 0.729. The number of halogens is 1. The minimum absolute atomic E-state index is 0.0237. The van der Waals surface area contributed by atoms with Gasteiger partial charge in [-0.25, -0.2) is 0 Å². The molecule has 1 aliphatic rings. The van der Waals surface area contributed by atoms with Crippen LogP contribution in [0.1, 0.15) is 12.8 Å². The normalized spacial score (nSPS) is 20.8. The SMILES string of the molecule is NC(=O)C1CCCN(c2ccc(Cl)cc2)C1. The molecule has 1 aliphatic heterocycles. The summed E-state index contributed by atoms with van der Waals surface area (Å²) in [6, 6.07) is 7.69. The van der Waals surface area contributed by atoms with E-state index in [1.165, 1.54) is 0 Å². The highest BCUT2D eigenvalue weighted by Crippen LogP contribution is 2.24. The number of hydrogen-bond acceptors (Lipinski definition) is 2. The molecule has 1 atom stereocenters. The van der Waals surface area contributed by atoms with Crippen molar-refractivity contribution < 1.29 is 4.79 Å². The molecule has 1 heterocycles. The third-order valence-corrected chi connectivity index (χ3v) is 3.27. The van der Waals surface area contributed by atoms with Gasteiger partial charge in [0.25, 0.3) is 0 Å². The number of hydrogen-bond donors (Lipinski definition) is 1. The first-order chi connectivity index (χ1) is 7.66. The molecule has 1 saturated heterocycles. The molecule has 1 unspecified atom stereocenters. The smallest absolute Gasteiger partial charge is 0.222 e. The van der Waals surface area contributed by atoms with Crippen LogP contribution in [-0.4, -0.2) is 19.0 Å². The summed E-state index contributed by atoms with van der Waals surface area (Å²) in [4.78, 5) is 13.3. The van der Waals surface area contributed by atoms with Crippen LogP contribution in [0.15, 0.2) is 24.3 Å². The molecule has 0 aliphatic carbocycles. The van der Waals surface area contributed by atoms with Crippen LogP contribution in [0.4, 0.5) is 5.69 Å². The van der Waals surface area contributed by atoms with Crippen LogP contribution in [0.25, 0.3) is 0 Å². The zero-order chi connectivity index (χ0) is 11.5. The van der Waals surface area contributed by atoms with Gasteiger partial charge in [-0.15, -0.1) is 0 Å². The minimum Gasteiger partial charge on any atom is -0.371 e. The van der Waals surface area contributed by atoms with Gasteiger partial charge in [0.1, 0.15) is 0 Å². The molecule has 0 bridgehead atoms. The second-order valence-electron chi connectivity index (χ2n) is 4.16. The Morgan fingerprint density at radius 3 is 2.69 bits per heavy atom. The van der Waals surface area contributed by atoms with E-state index in [1.807, 2.05) is 24.3 Å². The number of anilines is 1. The van der Waals surface area contributed by atoms with E-state index in [9.17, 15) is 4.79 Å². The summed E-state index contributed by atoms with van der Waals surface area (Å²) in [5.74, 6) is -0.219. The van der Waals surface area contributed by atoms with E-state index in [4.69, 9.17) is 17.3 Å². The van der Waals surface area contributed by atoms with E-state index in [2.05, 4.69) is 4.90 Å². The summed E-state index contributed by atoms with van der Waals surface area (Å²) in [7, 11) is 0. The van der Waals surface area contributed by atoms with E-state index in [0.29, 0.717) is 0 Å². The summed E-state index contributed by atoms with van der Waals surface area (Å²) in [6.45, 7) is 1.70. The van der Waals surface area contributed by atoms with Gasteiger partial charge in [-0.05, 0) is 37.1 Å². The van der Waals surface area contributed by atoms with Crippen LogP contribution in [0.2, 0.25) is 5.02 Å². The van der Waals surface area contributed by atoms with Crippen molar-refractivity contribution in [2.24, 2.45) is 11.7 Å². The molecular weight excluding hydrogens is 224 g/mol. The Kier molecular flexibility index (Phi) is 3.34. The van der Waals surface area contributed by atoms with E-state index < -0.39 is 0 Å². The van der Waals surface area contributed by atoms with Gasteiger partial charge in [0, 0.05) is 23.8 Å². The Morgan fingerprint density at radius 2 is 2.06 bits per heavy atom. The fourth-order valence-electron chi connectivity index (χ4n) is 2.10.